The summed E-state index contributed by atoms with van der Waals surface area (Å²) in [5.41, 5.74) is 0.294. The molecule has 1 N–H and O–H groups in total. The minimum atomic E-state index is -3.84. The van der Waals surface area contributed by atoms with Crippen molar-refractivity contribution in [3.05, 3.63) is 35.7 Å². The molecule has 0 atom stereocenters. The Kier molecular flexibility index (Phi) is 5.02. The highest BCUT2D eigenvalue weighted by molar-refractivity contribution is 7.99. The zero-order valence-electron chi connectivity index (χ0n) is 11.0. The molecule has 2 rings (SSSR count). The third kappa shape index (κ3) is 3.84. The van der Waals surface area contributed by atoms with Crippen LogP contribution in [-0.2, 0) is 14.8 Å². The number of halogens is 1. The van der Waals surface area contributed by atoms with Gasteiger partial charge in [-0.15, -0.1) is 0 Å². The molecule has 1 saturated heterocycles. The van der Waals surface area contributed by atoms with Gasteiger partial charge < -0.3 is 5.11 Å². The summed E-state index contributed by atoms with van der Waals surface area (Å²) in [7, 11) is -3.84. The number of carbonyl (C=O) groups is 1. The molecule has 0 spiro atoms. The van der Waals surface area contributed by atoms with Crippen LogP contribution in [0, 0.1) is 5.82 Å². The Labute approximate surface area is 126 Å². The highest BCUT2D eigenvalue weighted by Crippen LogP contribution is 2.23. The molecule has 5 nitrogen and oxygen atoms in total. The fourth-order valence-corrected chi connectivity index (χ4v) is 4.54. The van der Waals surface area contributed by atoms with Crippen molar-refractivity contribution >= 4 is 33.8 Å². The molecule has 1 heterocycles. The molecule has 0 radical (unpaired) electrons. The van der Waals surface area contributed by atoms with E-state index >= 15 is 0 Å². The van der Waals surface area contributed by atoms with E-state index in [2.05, 4.69) is 0 Å². The zero-order valence-corrected chi connectivity index (χ0v) is 12.7. The standard InChI is InChI=1S/C13H14FNO4S2/c14-11-9-10(2-4-13(16)17)1-3-12(11)21(18,19)15-5-7-20-8-6-15/h1-4,9H,5-8H2,(H,16,17)/b4-2+. The van der Waals surface area contributed by atoms with E-state index in [-0.39, 0.29) is 4.90 Å². The summed E-state index contributed by atoms with van der Waals surface area (Å²) < 4.78 is 40.0. The molecular weight excluding hydrogens is 317 g/mol. The van der Waals surface area contributed by atoms with Crippen LogP contribution in [0.15, 0.2) is 29.2 Å². The van der Waals surface area contributed by atoms with E-state index in [0.717, 1.165) is 12.1 Å². The fraction of sp³-hybridized carbons (Fsp3) is 0.308. The molecule has 1 aromatic rings. The maximum Gasteiger partial charge on any atom is 0.328 e. The van der Waals surface area contributed by atoms with E-state index in [1.807, 2.05) is 0 Å². The number of rotatable bonds is 4. The van der Waals surface area contributed by atoms with Crippen molar-refractivity contribution in [1.29, 1.82) is 0 Å². The molecule has 8 heteroatoms. The molecule has 0 aromatic heterocycles. The topological polar surface area (TPSA) is 74.7 Å². The van der Waals surface area contributed by atoms with Crippen molar-refractivity contribution in [3.63, 3.8) is 0 Å². The Morgan fingerprint density at radius 1 is 1.33 bits per heavy atom. The molecule has 1 aromatic carbocycles. The first-order valence-corrected chi connectivity index (χ1v) is 8.79. The van der Waals surface area contributed by atoms with Gasteiger partial charge in [-0.1, -0.05) is 6.07 Å². The third-order valence-electron chi connectivity index (χ3n) is 2.96. The fourth-order valence-electron chi connectivity index (χ4n) is 1.92. The van der Waals surface area contributed by atoms with Crippen LogP contribution in [0.25, 0.3) is 6.08 Å². The second-order valence-electron chi connectivity index (χ2n) is 4.38. The number of hydrogen-bond donors (Lipinski definition) is 1. The SMILES string of the molecule is O=C(O)/C=C/c1ccc(S(=O)(=O)N2CCSCC2)c(F)c1. The largest absolute Gasteiger partial charge is 0.478 e. The molecule has 0 saturated carbocycles. The molecule has 0 aliphatic carbocycles. The second-order valence-corrected chi connectivity index (χ2v) is 7.51. The first-order valence-electron chi connectivity index (χ1n) is 6.20. The Hall–Kier alpha value is -1.38. The van der Waals surface area contributed by atoms with Gasteiger partial charge in [-0.3, -0.25) is 0 Å². The predicted octanol–water partition coefficient (Wildman–Crippen LogP) is 1.66. The Bertz CT molecular complexity index is 667. The van der Waals surface area contributed by atoms with E-state index in [1.165, 1.54) is 22.5 Å². The maximum absolute atomic E-state index is 14.0. The van der Waals surface area contributed by atoms with Gasteiger partial charge in [0.25, 0.3) is 0 Å². The van der Waals surface area contributed by atoms with Crippen LogP contribution < -0.4 is 0 Å². The molecule has 0 unspecified atom stereocenters. The van der Waals surface area contributed by atoms with E-state index in [4.69, 9.17) is 5.11 Å². The highest BCUT2D eigenvalue weighted by atomic mass is 32.2. The number of benzene rings is 1. The lowest BCUT2D eigenvalue weighted by Gasteiger charge is -2.25. The number of carboxylic acid groups (broad SMARTS) is 1. The molecule has 1 fully saturated rings. The van der Waals surface area contributed by atoms with Gasteiger partial charge in [0, 0.05) is 30.7 Å². The first-order chi connectivity index (χ1) is 9.91. The first kappa shape index (κ1) is 16.0. The quantitative estimate of drug-likeness (QED) is 0.850. The number of nitrogens with zero attached hydrogens (tertiary/aromatic N) is 1. The molecule has 21 heavy (non-hydrogen) atoms. The van der Waals surface area contributed by atoms with Gasteiger partial charge in [-0.25, -0.2) is 17.6 Å². The van der Waals surface area contributed by atoms with Crippen LogP contribution in [0.5, 0.6) is 0 Å². The Morgan fingerprint density at radius 2 is 2.00 bits per heavy atom. The number of aliphatic carboxylic acids is 1. The summed E-state index contributed by atoms with van der Waals surface area (Å²) in [6.45, 7) is 0.736. The van der Waals surface area contributed by atoms with E-state index in [0.29, 0.717) is 30.2 Å². The number of hydrogen-bond acceptors (Lipinski definition) is 4. The number of carboxylic acids is 1. The lowest BCUT2D eigenvalue weighted by molar-refractivity contribution is -0.131. The van der Waals surface area contributed by atoms with E-state index in [9.17, 15) is 17.6 Å². The molecular formula is C13H14FNO4S2. The highest BCUT2D eigenvalue weighted by Gasteiger charge is 2.28. The van der Waals surface area contributed by atoms with E-state index in [1.54, 1.807) is 11.8 Å². The maximum atomic E-state index is 14.0. The molecule has 1 aliphatic heterocycles. The number of thioether (sulfide) groups is 1. The van der Waals surface area contributed by atoms with Crippen molar-refractivity contribution in [1.82, 2.24) is 4.31 Å². The average molecular weight is 331 g/mol. The van der Waals surface area contributed by atoms with Crippen molar-refractivity contribution in [2.75, 3.05) is 24.6 Å². The van der Waals surface area contributed by atoms with Gasteiger partial charge in [0.15, 0.2) is 0 Å². The monoisotopic (exact) mass is 331 g/mol. The normalized spacial score (nSPS) is 17.2. The minimum absolute atomic E-state index is 0.294. The third-order valence-corrected chi connectivity index (χ3v) is 5.84. The van der Waals surface area contributed by atoms with Crippen molar-refractivity contribution in [2.24, 2.45) is 0 Å². The molecule has 114 valence electrons. The van der Waals surface area contributed by atoms with Crippen LogP contribution in [0.2, 0.25) is 0 Å². The smallest absolute Gasteiger partial charge is 0.328 e. The van der Waals surface area contributed by atoms with Crippen molar-refractivity contribution in [3.8, 4) is 0 Å². The summed E-state index contributed by atoms with van der Waals surface area (Å²) in [6.07, 6.45) is 2.07. The van der Waals surface area contributed by atoms with Gasteiger partial charge in [0.1, 0.15) is 10.7 Å². The van der Waals surface area contributed by atoms with Gasteiger partial charge in [-0.2, -0.15) is 16.1 Å². The molecule has 1 aliphatic rings. The summed E-state index contributed by atoms with van der Waals surface area (Å²) in [5, 5.41) is 8.51. The lowest BCUT2D eigenvalue weighted by Crippen LogP contribution is -2.38. The van der Waals surface area contributed by atoms with Crippen LogP contribution in [0.1, 0.15) is 5.56 Å². The van der Waals surface area contributed by atoms with Crippen LogP contribution in [0.3, 0.4) is 0 Å². The van der Waals surface area contributed by atoms with Crippen LogP contribution in [-0.4, -0.2) is 48.4 Å². The summed E-state index contributed by atoms with van der Waals surface area (Å²) in [5.74, 6) is -0.640. The van der Waals surface area contributed by atoms with Gasteiger partial charge in [-0.05, 0) is 23.8 Å². The van der Waals surface area contributed by atoms with Crippen molar-refractivity contribution in [2.45, 2.75) is 4.90 Å². The Morgan fingerprint density at radius 3 is 2.57 bits per heavy atom. The van der Waals surface area contributed by atoms with Crippen molar-refractivity contribution < 1.29 is 22.7 Å². The molecule has 0 bridgehead atoms. The Balaban J connectivity index is 2.29. The average Bonchev–Trinajstić information content (AvgIpc) is 2.46. The number of sulfonamides is 1. The summed E-state index contributed by atoms with van der Waals surface area (Å²) >= 11 is 1.66. The lowest BCUT2D eigenvalue weighted by atomic mass is 10.2. The van der Waals surface area contributed by atoms with E-state index < -0.39 is 21.8 Å². The van der Waals surface area contributed by atoms with Gasteiger partial charge in [0.05, 0.1) is 0 Å². The molecule has 0 amide bonds. The van der Waals surface area contributed by atoms with Gasteiger partial charge >= 0.3 is 5.97 Å². The summed E-state index contributed by atoms with van der Waals surface area (Å²) in [4.78, 5) is 10.0. The van der Waals surface area contributed by atoms with Crippen LogP contribution in [0.4, 0.5) is 4.39 Å². The second kappa shape index (κ2) is 6.59. The minimum Gasteiger partial charge on any atom is -0.478 e. The predicted molar refractivity (Wildman–Crippen MR) is 79.2 cm³/mol. The zero-order chi connectivity index (χ0) is 15.5. The van der Waals surface area contributed by atoms with Crippen LogP contribution >= 0.6 is 11.8 Å². The summed E-state index contributed by atoms with van der Waals surface area (Å²) in [6, 6.07) is 3.58. The van der Waals surface area contributed by atoms with Gasteiger partial charge in [0.2, 0.25) is 10.0 Å².